The number of benzene rings is 1. The van der Waals surface area contributed by atoms with E-state index in [4.69, 9.17) is 9.47 Å². The average molecular weight is 320 g/mol. The number of carbonyl (C=O) groups excluding carboxylic acids is 2. The van der Waals surface area contributed by atoms with Crippen LogP contribution in [0.2, 0.25) is 0 Å². The van der Waals surface area contributed by atoms with Crippen LogP contribution >= 0.6 is 0 Å². The molecular weight excluding hydrogens is 296 g/mol. The van der Waals surface area contributed by atoms with E-state index >= 15 is 0 Å². The molecule has 1 N–H and O–H groups in total. The molecule has 1 atom stereocenters. The molecule has 1 aromatic rings. The van der Waals surface area contributed by atoms with Gasteiger partial charge < -0.3 is 19.7 Å². The molecule has 6 heteroatoms. The van der Waals surface area contributed by atoms with Crippen molar-refractivity contribution in [2.45, 2.75) is 26.3 Å². The van der Waals surface area contributed by atoms with Crippen molar-refractivity contribution in [3.63, 3.8) is 0 Å². The number of urea groups is 1. The lowest BCUT2D eigenvalue weighted by molar-refractivity contribution is 0.0597. The van der Waals surface area contributed by atoms with Gasteiger partial charge in [-0.2, -0.15) is 0 Å². The summed E-state index contributed by atoms with van der Waals surface area (Å²) in [5.74, 6) is 0.540. The first-order chi connectivity index (χ1) is 11.0. The maximum absolute atomic E-state index is 12.2. The normalized spacial score (nSPS) is 17.5. The largest absolute Gasteiger partial charge is 0.496 e. The number of methoxy groups -OCH3 is 2. The first kappa shape index (κ1) is 17.1. The van der Waals surface area contributed by atoms with Crippen LogP contribution in [0.3, 0.4) is 0 Å². The number of esters is 1. The lowest BCUT2D eigenvalue weighted by Crippen LogP contribution is -2.44. The van der Waals surface area contributed by atoms with Gasteiger partial charge in [0.1, 0.15) is 11.3 Å². The maximum atomic E-state index is 12.2. The zero-order chi connectivity index (χ0) is 16.8. The molecule has 0 aliphatic carbocycles. The van der Waals surface area contributed by atoms with Gasteiger partial charge in [-0.3, -0.25) is 0 Å². The summed E-state index contributed by atoms with van der Waals surface area (Å²) in [5, 5.41) is 2.90. The minimum Gasteiger partial charge on any atom is -0.496 e. The van der Waals surface area contributed by atoms with Gasteiger partial charge in [-0.1, -0.05) is 13.0 Å². The van der Waals surface area contributed by atoms with E-state index in [0.29, 0.717) is 23.8 Å². The van der Waals surface area contributed by atoms with Gasteiger partial charge in [0.05, 0.1) is 14.2 Å². The van der Waals surface area contributed by atoms with Crippen LogP contribution in [0.1, 0.15) is 35.7 Å². The Morgan fingerprint density at radius 1 is 1.35 bits per heavy atom. The average Bonchev–Trinajstić information content (AvgIpc) is 2.58. The fourth-order valence-corrected chi connectivity index (χ4v) is 2.80. The molecule has 1 aliphatic heterocycles. The standard InChI is InChI=1S/C17H24N2O4/c1-12-5-4-8-19(11-12)17(21)18-10-13-6-7-15(22-2)14(9-13)16(20)23-3/h6-7,9,12H,4-5,8,10-11H2,1-3H3,(H,18,21). The van der Waals surface area contributed by atoms with Crippen LogP contribution in [0.5, 0.6) is 5.75 Å². The summed E-state index contributed by atoms with van der Waals surface area (Å²) in [6, 6.07) is 5.15. The van der Waals surface area contributed by atoms with Crippen molar-refractivity contribution in [1.82, 2.24) is 10.2 Å². The van der Waals surface area contributed by atoms with E-state index in [9.17, 15) is 9.59 Å². The Kier molecular flexibility index (Phi) is 5.84. The fraction of sp³-hybridized carbons (Fsp3) is 0.529. The minimum absolute atomic E-state index is 0.0630. The van der Waals surface area contributed by atoms with Crippen LogP contribution in [-0.4, -0.2) is 44.2 Å². The van der Waals surface area contributed by atoms with Crippen LogP contribution in [0.15, 0.2) is 18.2 Å². The highest BCUT2D eigenvalue weighted by Crippen LogP contribution is 2.21. The number of hydrogen-bond acceptors (Lipinski definition) is 4. The van der Waals surface area contributed by atoms with E-state index in [-0.39, 0.29) is 6.03 Å². The maximum Gasteiger partial charge on any atom is 0.341 e. The number of nitrogens with one attached hydrogen (secondary N) is 1. The Balaban J connectivity index is 2.00. The monoisotopic (exact) mass is 320 g/mol. The number of likely N-dealkylation sites (tertiary alicyclic amines) is 1. The summed E-state index contributed by atoms with van der Waals surface area (Å²) >= 11 is 0. The highest BCUT2D eigenvalue weighted by Gasteiger charge is 2.20. The molecule has 2 amide bonds. The molecule has 1 heterocycles. The van der Waals surface area contributed by atoms with Gasteiger partial charge in [-0.05, 0) is 36.5 Å². The summed E-state index contributed by atoms with van der Waals surface area (Å²) < 4.78 is 9.91. The molecule has 1 aromatic carbocycles. The van der Waals surface area contributed by atoms with Gasteiger partial charge in [0.25, 0.3) is 0 Å². The third kappa shape index (κ3) is 4.37. The van der Waals surface area contributed by atoms with Crippen molar-refractivity contribution < 1.29 is 19.1 Å². The van der Waals surface area contributed by atoms with Gasteiger partial charge in [-0.25, -0.2) is 9.59 Å². The third-order valence-electron chi connectivity index (χ3n) is 4.06. The fourth-order valence-electron chi connectivity index (χ4n) is 2.80. The molecule has 1 unspecified atom stereocenters. The van der Waals surface area contributed by atoms with Crippen molar-refractivity contribution in [2.24, 2.45) is 5.92 Å². The number of piperidine rings is 1. The molecule has 2 rings (SSSR count). The van der Waals surface area contributed by atoms with Crippen LogP contribution in [0.25, 0.3) is 0 Å². The SMILES string of the molecule is COC(=O)c1cc(CNC(=O)N2CCCC(C)C2)ccc1OC. The summed E-state index contributed by atoms with van der Waals surface area (Å²) in [6.07, 6.45) is 2.22. The number of ether oxygens (including phenoxy) is 2. The molecule has 0 bridgehead atoms. The molecule has 0 aromatic heterocycles. The summed E-state index contributed by atoms with van der Waals surface area (Å²) in [4.78, 5) is 25.8. The number of amides is 2. The third-order valence-corrected chi connectivity index (χ3v) is 4.06. The predicted molar refractivity (Wildman–Crippen MR) is 86.5 cm³/mol. The summed E-state index contributed by atoms with van der Waals surface area (Å²) in [7, 11) is 2.83. The van der Waals surface area contributed by atoms with Gasteiger partial charge in [0.15, 0.2) is 0 Å². The second kappa shape index (κ2) is 7.85. The van der Waals surface area contributed by atoms with Gasteiger partial charge in [-0.15, -0.1) is 0 Å². The number of nitrogens with zero attached hydrogens (tertiary/aromatic N) is 1. The van der Waals surface area contributed by atoms with Crippen molar-refractivity contribution in [2.75, 3.05) is 27.3 Å². The highest BCUT2D eigenvalue weighted by molar-refractivity contribution is 5.92. The predicted octanol–water partition coefficient (Wildman–Crippen LogP) is 2.42. The highest BCUT2D eigenvalue weighted by atomic mass is 16.5. The summed E-state index contributed by atoms with van der Waals surface area (Å²) in [6.45, 7) is 4.11. The van der Waals surface area contributed by atoms with Gasteiger partial charge >= 0.3 is 12.0 Å². The van der Waals surface area contributed by atoms with E-state index in [0.717, 1.165) is 25.1 Å². The summed E-state index contributed by atoms with van der Waals surface area (Å²) in [5.41, 5.74) is 1.18. The molecule has 0 spiro atoms. The van der Waals surface area contributed by atoms with Crippen molar-refractivity contribution >= 4 is 12.0 Å². The molecular formula is C17H24N2O4. The Morgan fingerprint density at radius 2 is 2.13 bits per heavy atom. The molecule has 1 saturated heterocycles. The first-order valence-corrected chi connectivity index (χ1v) is 7.83. The smallest absolute Gasteiger partial charge is 0.341 e. The molecule has 6 nitrogen and oxygen atoms in total. The van der Waals surface area contributed by atoms with Gasteiger partial charge in [0, 0.05) is 19.6 Å². The van der Waals surface area contributed by atoms with E-state index < -0.39 is 5.97 Å². The zero-order valence-electron chi connectivity index (χ0n) is 13.9. The van der Waals surface area contributed by atoms with Crippen LogP contribution in [0, 0.1) is 5.92 Å². The Labute approximate surface area is 136 Å². The van der Waals surface area contributed by atoms with Gasteiger partial charge in [0.2, 0.25) is 0 Å². The second-order valence-electron chi connectivity index (χ2n) is 5.88. The lowest BCUT2D eigenvalue weighted by Gasteiger charge is -2.31. The molecule has 0 saturated carbocycles. The van der Waals surface area contributed by atoms with E-state index in [2.05, 4.69) is 12.2 Å². The minimum atomic E-state index is -0.458. The Bertz CT molecular complexity index is 574. The quantitative estimate of drug-likeness (QED) is 0.865. The molecule has 126 valence electrons. The van der Waals surface area contributed by atoms with Crippen molar-refractivity contribution in [1.29, 1.82) is 0 Å². The lowest BCUT2D eigenvalue weighted by atomic mass is 10.0. The van der Waals surface area contributed by atoms with E-state index in [1.807, 2.05) is 11.0 Å². The molecule has 23 heavy (non-hydrogen) atoms. The second-order valence-corrected chi connectivity index (χ2v) is 5.88. The Morgan fingerprint density at radius 3 is 2.78 bits per heavy atom. The molecule has 0 radical (unpaired) electrons. The van der Waals surface area contributed by atoms with Crippen LogP contribution in [0.4, 0.5) is 4.79 Å². The first-order valence-electron chi connectivity index (χ1n) is 7.83. The van der Waals surface area contributed by atoms with Crippen LogP contribution < -0.4 is 10.1 Å². The van der Waals surface area contributed by atoms with E-state index in [1.165, 1.54) is 20.6 Å². The van der Waals surface area contributed by atoms with Crippen molar-refractivity contribution in [3.8, 4) is 5.75 Å². The topological polar surface area (TPSA) is 67.9 Å². The number of rotatable bonds is 4. The number of carbonyl (C=O) groups is 2. The molecule has 1 aliphatic rings. The van der Waals surface area contributed by atoms with E-state index in [1.54, 1.807) is 12.1 Å². The van der Waals surface area contributed by atoms with Crippen LogP contribution in [-0.2, 0) is 11.3 Å². The number of hydrogen-bond donors (Lipinski definition) is 1. The van der Waals surface area contributed by atoms with Crippen molar-refractivity contribution in [3.05, 3.63) is 29.3 Å². The molecule has 1 fully saturated rings. The zero-order valence-corrected chi connectivity index (χ0v) is 13.9. The Hall–Kier alpha value is -2.24.